The molecule has 0 bridgehead atoms. The molecule has 1 atom stereocenters. The Hall–Kier alpha value is -2.33. The topological polar surface area (TPSA) is 64.3 Å². The van der Waals surface area contributed by atoms with Gasteiger partial charge < -0.3 is 15.8 Å². The second-order valence-corrected chi connectivity index (χ2v) is 4.85. The molecule has 0 fully saturated rings. The van der Waals surface area contributed by atoms with Crippen LogP contribution in [0.1, 0.15) is 23.6 Å². The van der Waals surface area contributed by atoms with Gasteiger partial charge in [-0.1, -0.05) is 42.5 Å². The highest BCUT2D eigenvalue weighted by Crippen LogP contribution is 2.14. The van der Waals surface area contributed by atoms with Gasteiger partial charge in [0.1, 0.15) is 5.75 Å². The minimum atomic E-state index is -0.276. The number of hydrogen-bond donors (Lipinski definition) is 2. The molecular formula is C17H20N2O2. The van der Waals surface area contributed by atoms with Gasteiger partial charge in [-0.15, -0.1) is 0 Å². The average Bonchev–Trinajstić information content (AvgIpc) is 2.54. The standard InChI is InChI=1S/C17H20N2O2/c1-21-15-9-7-13(8-10-15)12-19-17(20)11-16(18)14-5-3-2-4-6-14/h2-10,16H,11-12,18H2,1H3,(H,19,20). The first-order chi connectivity index (χ1) is 10.2. The quantitative estimate of drug-likeness (QED) is 0.856. The van der Waals surface area contributed by atoms with Crippen LogP contribution in [-0.4, -0.2) is 13.0 Å². The van der Waals surface area contributed by atoms with Crippen LogP contribution < -0.4 is 15.8 Å². The molecule has 2 rings (SSSR count). The summed E-state index contributed by atoms with van der Waals surface area (Å²) in [6.45, 7) is 0.490. The maximum absolute atomic E-state index is 11.9. The van der Waals surface area contributed by atoms with Crippen molar-refractivity contribution in [3.05, 3.63) is 65.7 Å². The molecule has 0 radical (unpaired) electrons. The van der Waals surface area contributed by atoms with E-state index in [0.717, 1.165) is 16.9 Å². The number of benzene rings is 2. The van der Waals surface area contributed by atoms with E-state index in [9.17, 15) is 4.79 Å². The van der Waals surface area contributed by atoms with Crippen LogP contribution in [0.2, 0.25) is 0 Å². The van der Waals surface area contributed by atoms with E-state index >= 15 is 0 Å². The van der Waals surface area contributed by atoms with Gasteiger partial charge in [0.25, 0.3) is 0 Å². The van der Waals surface area contributed by atoms with Crippen LogP contribution in [0.25, 0.3) is 0 Å². The molecule has 1 amide bonds. The molecule has 2 aromatic carbocycles. The molecule has 2 aromatic rings. The number of rotatable bonds is 6. The predicted octanol–water partition coefficient (Wildman–Crippen LogP) is 2.40. The number of ether oxygens (including phenoxy) is 1. The van der Waals surface area contributed by atoms with Crippen molar-refractivity contribution in [1.82, 2.24) is 5.32 Å². The van der Waals surface area contributed by atoms with E-state index in [2.05, 4.69) is 5.32 Å². The van der Waals surface area contributed by atoms with Crippen molar-refractivity contribution in [2.45, 2.75) is 19.0 Å². The van der Waals surface area contributed by atoms with E-state index in [1.165, 1.54) is 0 Å². The van der Waals surface area contributed by atoms with Crippen LogP contribution >= 0.6 is 0 Å². The van der Waals surface area contributed by atoms with Gasteiger partial charge >= 0.3 is 0 Å². The number of hydrogen-bond acceptors (Lipinski definition) is 3. The number of amides is 1. The van der Waals surface area contributed by atoms with Crippen molar-refractivity contribution in [3.63, 3.8) is 0 Å². The van der Waals surface area contributed by atoms with Crippen molar-refractivity contribution < 1.29 is 9.53 Å². The minimum absolute atomic E-state index is 0.0535. The van der Waals surface area contributed by atoms with Crippen LogP contribution in [0, 0.1) is 0 Å². The van der Waals surface area contributed by atoms with E-state index in [4.69, 9.17) is 10.5 Å². The van der Waals surface area contributed by atoms with E-state index < -0.39 is 0 Å². The lowest BCUT2D eigenvalue weighted by Crippen LogP contribution is -2.27. The van der Waals surface area contributed by atoms with Gasteiger partial charge in [-0.05, 0) is 23.3 Å². The predicted molar refractivity (Wildman–Crippen MR) is 82.8 cm³/mol. The third-order valence-electron chi connectivity index (χ3n) is 3.28. The van der Waals surface area contributed by atoms with Crippen molar-refractivity contribution in [2.75, 3.05) is 7.11 Å². The first-order valence-corrected chi connectivity index (χ1v) is 6.89. The molecule has 0 aromatic heterocycles. The summed E-state index contributed by atoms with van der Waals surface area (Å²) >= 11 is 0. The zero-order valence-corrected chi connectivity index (χ0v) is 12.1. The summed E-state index contributed by atoms with van der Waals surface area (Å²) in [6.07, 6.45) is 0.278. The highest BCUT2D eigenvalue weighted by molar-refractivity contribution is 5.76. The lowest BCUT2D eigenvalue weighted by Gasteiger charge is -2.12. The van der Waals surface area contributed by atoms with Crippen molar-refractivity contribution in [2.24, 2.45) is 5.73 Å². The average molecular weight is 284 g/mol. The smallest absolute Gasteiger partial charge is 0.222 e. The Balaban J connectivity index is 1.81. The fourth-order valence-electron chi connectivity index (χ4n) is 2.03. The molecule has 0 spiro atoms. The van der Waals surface area contributed by atoms with Crippen LogP contribution in [-0.2, 0) is 11.3 Å². The van der Waals surface area contributed by atoms with Gasteiger partial charge in [0.15, 0.2) is 0 Å². The molecule has 21 heavy (non-hydrogen) atoms. The molecule has 1 unspecified atom stereocenters. The Morgan fingerprint density at radius 2 is 1.81 bits per heavy atom. The first-order valence-electron chi connectivity index (χ1n) is 6.89. The molecule has 0 aliphatic heterocycles. The fraction of sp³-hybridized carbons (Fsp3) is 0.235. The molecule has 4 heteroatoms. The van der Waals surface area contributed by atoms with E-state index in [-0.39, 0.29) is 18.4 Å². The van der Waals surface area contributed by atoms with Crippen LogP contribution in [0.15, 0.2) is 54.6 Å². The Morgan fingerprint density at radius 3 is 2.43 bits per heavy atom. The van der Waals surface area contributed by atoms with Crippen molar-refractivity contribution in [3.8, 4) is 5.75 Å². The molecule has 3 N–H and O–H groups in total. The Morgan fingerprint density at radius 1 is 1.14 bits per heavy atom. The number of carbonyl (C=O) groups is 1. The number of carbonyl (C=O) groups excluding carboxylic acids is 1. The zero-order valence-electron chi connectivity index (χ0n) is 12.1. The van der Waals surface area contributed by atoms with Crippen molar-refractivity contribution in [1.29, 1.82) is 0 Å². The van der Waals surface area contributed by atoms with Gasteiger partial charge in [0.2, 0.25) is 5.91 Å². The molecule has 0 saturated heterocycles. The van der Waals surface area contributed by atoms with Gasteiger partial charge in [0, 0.05) is 19.0 Å². The summed E-state index contributed by atoms with van der Waals surface area (Å²) in [5, 5.41) is 2.88. The summed E-state index contributed by atoms with van der Waals surface area (Å²) < 4.78 is 5.09. The molecule has 0 aliphatic rings. The van der Waals surface area contributed by atoms with Crippen LogP contribution in [0.4, 0.5) is 0 Å². The maximum atomic E-state index is 11.9. The van der Waals surface area contributed by atoms with Gasteiger partial charge in [-0.25, -0.2) is 0 Å². The van der Waals surface area contributed by atoms with Gasteiger partial charge in [-0.2, -0.15) is 0 Å². The Bertz CT molecular complexity index is 567. The summed E-state index contributed by atoms with van der Waals surface area (Å²) in [5.74, 6) is 0.748. The Kier molecular flexibility index (Phi) is 5.35. The molecule has 0 aliphatic carbocycles. The second kappa shape index (κ2) is 7.45. The number of nitrogens with two attached hydrogens (primary N) is 1. The highest BCUT2D eigenvalue weighted by Gasteiger charge is 2.10. The first kappa shape index (κ1) is 15.1. The highest BCUT2D eigenvalue weighted by atomic mass is 16.5. The van der Waals surface area contributed by atoms with Gasteiger partial charge in [0.05, 0.1) is 7.11 Å². The third kappa shape index (κ3) is 4.61. The summed E-state index contributed by atoms with van der Waals surface area (Å²) in [4.78, 5) is 11.9. The SMILES string of the molecule is COc1ccc(CNC(=O)CC(N)c2ccccc2)cc1. The second-order valence-electron chi connectivity index (χ2n) is 4.85. The normalized spacial score (nSPS) is 11.7. The monoisotopic (exact) mass is 284 g/mol. The molecule has 0 heterocycles. The summed E-state index contributed by atoms with van der Waals surface area (Å²) in [6, 6.07) is 17.0. The number of methoxy groups -OCH3 is 1. The zero-order chi connectivity index (χ0) is 15.1. The van der Waals surface area contributed by atoms with Crippen LogP contribution in [0.5, 0.6) is 5.75 Å². The fourth-order valence-corrected chi connectivity index (χ4v) is 2.03. The largest absolute Gasteiger partial charge is 0.497 e. The van der Waals surface area contributed by atoms with E-state index in [1.807, 2.05) is 54.6 Å². The molecular weight excluding hydrogens is 264 g/mol. The number of nitrogens with one attached hydrogen (secondary N) is 1. The summed E-state index contributed by atoms with van der Waals surface area (Å²) in [7, 11) is 1.63. The van der Waals surface area contributed by atoms with E-state index in [1.54, 1.807) is 7.11 Å². The maximum Gasteiger partial charge on any atom is 0.222 e. The minimum Gasteiger partial charge on any atom is -0.497 e. The Labute approximate surface area is 124 Å². The molecule has 110 valence electrons. The lowest BCUT2D eigenvalue weighted by atomic mass is 10.0. The van der Waals surface area contributed by atoms with E-state index in [0.29, 0.717) is 6.54 Å². The van der Waals surface area contributed by atoms with Gasteiger partial charge in [-0.3, -0.25) is 4.79 Å². The summed E-state index contributed by atoms with van der Waals surface area (Å²) in [5.41, 5.74) is 8.02. The van der Waals surface area contributed by atoms with Crippen LogP contribution in [0.3, 0.4) is 0 Å². The lowest BCUT2D eigenvalue weighted by molar-refractivity contribution is -0.121. The molecule has 4 nitrogen and oxygen atoms in total. The van der Waals surface area contributed by atoms with Crippen molar-refractivity contribution >= 4 is 5.91 Å². The third-order valence-corrected chi connectivity index (χ3v) is 3.28. The molecule has 0 saturated carbocycles.